The van der Waals surface area contributed by atoms with E-state index in [-0.39, 0.29) is 11.4 Å². The van der Waals surface area contributed by atoms with E-state index in [1.54, 1.807) is 30.3 Å². The Bertz CT molecular complexity index is 1060. The van der Waals surface area contributed by atoms with Crippen LogP contribution in [0.4, 0.5) is 5.69 Å². The fourth-order valence-electron chi connectivity index (χ4n) is 3.98. The normalized spacial score (nSPS) is 16.2. The monoisotopic (exact) mass is 410 g/mol. The highest BCUT2D eigenvalue weighted by Gasteiger charge is 2.29. The Hall–Kier alpha value is -2.41. The van der Waals surface area contributed by atoms with Crippen molar-refractivity contribution < 1.29 is 13.5 Å². The average Bonchev–Trinajstić information content (AvgIpc) is 3.25. The number of aliphatic hydroxyl groups excluding tert-OH is 1. The number of nitrogens with zero attached hydrogens (tertiary/aromatic N) is 2. The van der Waals surface area contributed by atoms with Crippen molar-refractivity contribution in [2.75, 3.05) is 30.5 Å². The summed E-state index contributed by atoms with van der Waals surface area (Å²) in [4.78, 5) is 2.42. The molecule has 0 spiro atoms. The van der Waals surface area contributed by atoms with Crippen molar-refractivity contribution in [3.05, 3.63) is 72.8 Å². The van der Waals surface area contributed by atoms with Gasteiger partial charge in [-0.05, 0) is 49.5 Å². The third-order valence-electron chi connectivity index (χ3n) is 5.41. The second-order valence-corrected chi connectivity index (χ2v) is 9.37. The van der Waals surface area contributed by atoms with Crippen LogP contribution >= 0.6 is 0 Å². The van der Waals surface area contributed by atoms with Gasteiger partial charge in [0, 0.05) is 11.9 Å². The Morgan fingerprint density at radius 2 is 1.55 bits per heavy atom. The lowest BCUT2D eigenvalue weighted by molar-refractivity contribution is 0.132. The van der Waals surface area contributed by atoms with Gasteiger partial charge in [-0.3, -0.25) is 4.31 Å². The minimum atomic E-state index is -3.82. The molecule has 6 heteroatoms. The van der Waals surface area contributed by atoms with E-state index in [1.165, 1.54) is 4.31 Å². The van der Waals surface area contributed by atoms with Gasteiger partial charge in [-0.2, -0.15) is 0 Å². The van der Waals surface area contributed by atoms with E-state index in [9.17, 15) is 13.5 Å². The second kappa shape index (κ2) is 8.53. The lowest BCUT2D eigenvalue weighted by atomic mass is 10.1. The first kappa shape index (κ1) is 19.9. The molecule has 1 fully saturated rings. The van der Waals surface area contributed by atoms with Crippen molar-refractivity contribution in [3.63, 3.8) is 0 Å². The minimum Gasteiger partial charge on any atom is -0.390 e. The Balaban J connectivity index is 1.74. The maximum atomic E-state index is 13.6. The molecule has 1 heterocycles. The van der Waals surface area contributed by atoms with Crippen LogP contribution in [0.2, 0.25) is 0 Å². The third kappa shape index (κ3) is 4.29. The first-order valence-corrected chi connectivity index (χ1v) is 11.5. The van der Waals surface area contributed by atoms with Crippen LogP contribution in [0.25, 0.3) is 10.8 Å². The van der Waals surface area contributed by atoms with Crippen LogP contribution in [0.15, 0.2) is 77.7 Å². The predicted molar refractivity (Wildman–Crippen MR) is 117 cm³/mol. The van der Waals surface area contributed by atoms with Gasteiger partial charge in [0.25, 0.3) is 10.0 Å². The summed E-state index contributed by atoms with van der Waals surface area (Å²) < 4.78 is 28.5. The topological polar surface area (TPSA) is 60.9 Å². The Morgan fingerprint density at radius 3 is 2.31 bits per heavy atom. The van der Waals surface area contributed by atoms with E-state index in [0.717, 1.165) is 36.7 Å². The lowest BCUT2D eigenvalue weighted by Crippen LogP contribution is -2.42. The second-order valence-electron chi connectivity index (χ2n) is 7.51. The van der Waals surface area contributed by atoms with E-state index in [1.807, 2.05) is 42.5 Å². The molecule has 1 aliphatic heterocycles. The van der Waals surface area contributed by atoms with Gasteiger partial charge in [0.1, 0.15) is 0 Å². The van der Waals surface area contributed by atoms with Gasteiger partial charge in [-0.1, -0.05) is 54.6 Å². The molecule has 4 rings (SSSR count). The van der Waals surface area contributed by atoms with E-state index in [2.05, 4.69) is 4.90 Å². The van der Waals surface area contributed by atoms with Crippen LogP contribution < -0.4 is 4.31 Å². The van der Waals surface area contributed by atoms with Crippen molar-refractivity contribution >= 4 is 26.5 Å². The molecular formula is C23H26N2O3S. The van der Waals surface area contributed by atoms with Gasteiger partial charge in [0.15, 0.2) is 0 Å². The number of β-amino-alcohol motifs (C(OH)–C–C–N with tert-alkyl or cyclic N) is 1. The molecule has 0 bridgehead atoms. The molecular weight excluding hydrogens is 384 g/mol. The zero-order valence-electron chi connectivity index (χ0n) is 16.3. The summed E-state index contributed by atoms with van der Waals surface area (Å²) in [7, 11) is -3.82. The number of fused-ring (bicyclic) bond motifs is 1. The molecule has 0 amide bonds. The van der Waals surface area contributed by atoms with Gasteiger partial charge in [-0.15, -0.1) is 0 Å². The number of aliphatic hydroxyl groups is 1. The summed E-state index contributed by atoms with van der Waals surface area (Å²) >= 11 is 0. The van der Waals surface area contributed by atoms with Crippen molar-refractivity contribution in [2.24, 2.45) is 0 Å². The zero-order valence-corrected chi connectivity index (χ0v) is 17.1. The van der Waals surface area contributed by atoms with Crippen LogP contribution in [0.1, 0.15) is 12.8 Å². The summed E-state index contributed by atoms with van der Waals surface area (Å²) in [5, 5.41) is 12.6. The maximum Gasteiger partial charge on any atom is 0.264 e. The number of benzene rings is 3. The summed E-state index contributed by atoms with van der Waals surface area (Å²) in [6, 6.07) is 21.8. The van der Waals surface area contributed by atoms with Crippen molar-refractivity contribution in [3.8, 4) is 0 Å². The third-order valence-corrected chi connectivity index (χ3v) is 7.20. The first-order chi connectivity index (χ1) is 14.1. The van der Waals surface area contributed by atoms with Gasteiger partial charge in [-0.25, -0.2) is 8.42 Å². The quantitative estimate of drug-likeness (QED) is 0.648. The van der Waals surface area contributed by atoms with E-state index in [4.69, 9.17) is 0 Å². The van der Waals surface area contributed by atoms with Crippen LogP contribution in [0.3, 0.4) is 0 Å². The van der Waals surface area contributed by atoms with Crippen molar-refractivity contribution in [1.29, 1.82) is 0 Å². The summed E-state index contributed by atoms with van der Waals surface area (Å²) in [6.07, 6.45) is 1.48. The average molecular weight is 411 g/mol. The van der Waals surface area contributed by atoms with Gasteiger partial charge in [0.05, 0.1) is 23.2 Å². The molecule has 0 radical (unpaired) electrons. The Labute approximate surface area is 172 Å². The van der Waals surface area contributed by atoms with Crippen molar-refractivity contribution in [2.45, 2.75) is 23.8 Å². The standard InChI is InChI=1S/C23H26N2O3S/c26-20(17-24-15-6-7-16-24)18-25(29(27,28)21-11-2-1-3-12-21)23-14-8-10-19-9-4-5-13-22(19)23/h1-5,8-14,20,26H,6-7,15-18H2. The van der Waals surface area contributed by atoms with Gasteiger partial charge < -0.3 is 10.0 Å². The Morgan fingerprint density at radius 1 is 0.897 bits per heavy atom. The van der Waals surface area contributed by atoms with Crippen LogP contribution in [0.5, 0.6) is 0 Å². The van der Waals surface area contributed by atoms with Crippen molar-refractivity contribution in [1.82, 2.24) is 4.90 Å². The highest BCUT2D eigenvalue weighted by atomic mass is 32.2. The maximum absolute atomic E-state index is 13.6. The summed E-state index contributed by atoms with van der Waals surface area (Å²) in [5.41, 5.74) is 0.590. The number of anilines is 1. The molecule has 5 nitrogen and oxygen atoms in total. The number of hydrogen-bond donors (Lipinski definition) is 1. The van der Waals surface area contributed by atoms with Crippen LogP contribution in [0, 0.1) is 0 Å². The summed E-state index contributed by atoms with van der Waals surface area (Å²) in [5.74, 6) is 0. The van der Waals surface area contributed by atoms with Crippen LogP contribution in [-0.2, 0) is 10.0 Å². The molecule has 29 heavy (non-hydrogen) atoms. The summed E-state index contributed by atoms with van der Waals surface area (Å²) in [6.45, 7) is 2.40. The zero-order chi connectivity index (χ0) is 20.3. The van der Waals surface area contributed by atoms with E-state index < -0.39 is 16.1 Å². The largest absolute Gasteiger partial charge is 0.390 e. The van der Waals surface area contributed by atoms with Gasteiger partial charge in [0.2, 0.25) is 0 Å². The molecule has 3 aromatic rings. The van der Waals surface area contributed by atoms with E-state index in [0.29, 0.717) is 12.2 Å². The minimum absolute atomic E-state index is 0.0156. The number of hydrogen-bond acceptors (Lipinski definition) is 4. The smallest absolute Gasteiger partial charge is 0.264 e. The molecule has 1 saturated heterocycles. The van der Waals surface area contributed by atoms with E-state index >= 15 is 0 Å². The van der Waals surface area contributed by atoms with Crippen LogP contribution in [-0.4, -0.2) is 50.7 Å². The predicted octanol–water partition coefficient (Wildman–Crippen LogP) is 3.49. The molecule has 1 N–H and O–H groups in total. The lowest BCUT2D eigenvalue weighted by Gasteiger charge is -2.29. The highest BCUT2D eigenvalue weighted by molar-refractivity contribution is 7.92. The molecule has 0 saturated carbocycles. The molecule has 0 aliphatic carbocycles. The SMILES string of the molecule is O=S(=O)(c1ccccc1)N(CC(O)CN1CCCC1)c1cccc2ccccc12. The first-order valence-electron chi connectivity index (χ1n) is 10.0. The molecule has 3 aromatic carbocycles. The molecule has 1 unspecified atom stereocenters. The molecule has 152 valence electrons. The Kier molecular flexibility index (Phi) is 5.85. The fraction of sp³-hybridized carbons (Fsp3) is 0.304. The number of likely N-dealkylation sites (tertiary alicyclic amines) is 1. The molecule has 1 aliphatic rings. The number of sulfonamides is 1. The highest BCUT2D eigenvalue weighted by Crippen LogP contribution is 2.31. The molecule has 0 aromatic heterocycles. The van der Waals surface area contributed by atoms with Gasteiger partial charge >= 0.3 is 0 Å². The fourth-order valence-corrected chi connectivity index (χ4v) is 5.53. The molecule has 1 atom stereocenters. The number of rotatable bonds is 7.